The van der Waals surface area contributed by atoms with Crippen LogP contribution in [0.3, 0.4) is 0 Å². The van der Waals surface area contributed by atoms with Crippen molar-refractivity contribution in [2.75, 3.05) is 24.6 Å². The molecule has 0 aliphatic rings. The molecule has 0 aromatic carbocycles. The molecule has 0 N–H and O–H groups in total. The molecule has 0 aromatic heterocycles. The second kappa shape index (κ2) is 64.7. The van der Waals surface area contributed by atoms with E-state index in [1.807, 2.05) is 0 Å². The van der Waals surface area contributed by atoms with Gasteiger partial charge in [0.05, 0.1) is 24.6 Å². The molecule has 0 radical (unpaired) electrons. The van der Waals surface area contributed by atoms with Crippen LogP contribution in [0.1, 0.15) is 426 Å². The number of hydrogen-bond donors (Lipinski definition) is 0. The van der Waals surface area contributed by atoms with Gasteiger partial charge in [-0.1, -0.05) is 374 Å². The fourth-order valence-corrected chi connectivity index (χ4v) is 17.2. The van der Waals surface area contributed by atoms with Gasteiger partial charge >= 0.3 is 0 Å². The predicted octanol–water partition coefficient (Wildman–Crippen LogP) is 27.3. The lowest BCUT2D eigenvalue weighted by Crippen LogP contribution is -2.13. The Morgan fingerprint density at radius 2 is 0.197 bits per heavy atom. The molecule has 0 amide bonds. The van der Waals surface area contributed by atoms with E-state index < -0.39 is 7.26 Å². The summed E-state index contributed by atoms with van der Waals surface area (Å²) < 4.78 is 0. The summed E-state index contributed by atoms with van der Waals surface area (Å²) in [6.45, 7) is 9.34. The Hall–Kier alpha value is 0.430. The van der Waals surface area contributed by atoms with Crippen molar-refractivity contribution in [2.24, 2.45) is 0 Å². The lowest BCUT2D eigenvalue weighted by atomic mass is 10.0. The lowest BCUT2D eigenvalue weighted by Gasteiger charge is -2.28. The molecule has 0 nitrogen and oxygen atoms in total. The fourth-order valence-electron chi connectivity index (χ4n) is 12.3. The summed E-state index contributed by atoms with van der Waals surface area (Å²) in [5.74, 6) is 0. The molecule has 0 spiro atoms. The third-order valence-electron chi connectivity index (χ3n) is 17.4. The zero-order valence-corrected chi connectivity index (χ0v) is 52.0. The molecule has 0 aliphatic heterocycles. The molecule has 0 aliphatic carbocycles. The summed E-state index contributed by atoms with van der Waals surface area (Å²) in [4.78, 5) is 0. The normalized spacial score (nSPS) is 12.0. The van der Waals surface area contributed by atoms with Crippen LogP contribution in [0.15, 0.2) is 0 Å². The van der Waals surface area contributed by atoms with E-state index in [-0.39, 0.29) is 0 Å². The maximum absolute atomic E-state index is 2.34. The maximum atomic E-state index is 2.34. The van der Waals surface area contributed by atoms with Gasteiger partial charge in [-0.15, -0.1) is 0 Å². The molecule has 0 rings (SSSR count). The molecule has 0 saturated heterocycles. The summed E-state index contributed by atoms with van der Waals surface area (Å²) in [6.07, 6.45) is 99.3. The zero-order valence-electron chi connectivity index (χ0n) is 51.1. The Labute approximate surface area is 455 Å². The first-order valence-corrected chi connectivity index (χ1v) is 37.6. The van der Waals surface area contributed by atoms with Crippen molar-refractivity contribution in [3.05, 3.63) is 0 Å². The van der Waals surface area contributed by atoms with E-state index in [2.05, 4.69) is 27.7 Å². The van der Waals surface area contributed by atoms with Gasteiger partial charge < -0.3 is 0 Å². The fraction of sp³-hybridized carbons (Fsp3) is 1.00. The van der Waals surface area contributed by atoms with Crippen molar-refractivity contribution in [1.82, 2.24) is 0 Å². The predicted molar refractivity (Wildman–Crippen MR) is 335 cm³/mol. The van der Waals surface area contributed by atoms with Gasteiger partial charge in [-0.3, -0.25) is 0 Å². The first-order valence-electron chi connectivity index (χ1n) is 35.1. The van der Waals surface area contributed by atoms with E-state index in [4.69, 9.17) is 0 Å². The third kappa shape index (κ3) is 59.5. The monoisotopic (exact) mass is 1020 g/mol. The van der Waals surface area contributed by atoms with E-state index in [1.54, 1.807) is 50.3 Å². The van der Waals surface area contributed by atoms with E-state index in [1.165, 1.54) is 372 Å². The average molecular weight is 1020 g/mol. The highest BCUT2D eigenvalue weighted by atomic mass is 31.2. The van der Waals surface area contributed by atoms with Gasteiger partial charge in [0.1, 0.15) is 0 Å². The average Bonchev–Trinajstić information content (AvgIpc) is 3.38. The van der Waals surface area contributed by atoms with Crippen molar-refractivity contribution in [3.63, 3.8) is 0 Å². The van der Waals surface area contributed by atoms with Crippen molar-refractivity contribution >= 4 is 7.26 Å². The van der Waals surface area contributed by atoms with Crippen molar-refractivity contribution in [3.8, 4) is 0 Å². The smallest absolute Gasteiger partial charge is 0.0594 e. The third-order valence-corrected chi connectivity index (χ3v) is 22.5. The second-order valence-corrected chi connectivity index (χ2v) is 29.2. The van der Waals surface area contributed by atoms with E-state index in [0.29, 0.717) is 0 Å². The summed E-state index contributed by atoms with van der Waals surface area (Å²) in [7, 11) is -0.845. The van der Waals surface area contributed by atoms with Crippen LogP contribution in [0.4, 0.5) is 0 Å². The standard InChI is InChI=1S/C70H144P/c1-5-9-13-17-21-25-29-33-37-40-44-48-52-56-60-64-68-71(67-63-59-55-51-47-43-36-32-28-24-20-16-12-8-4,69-65-61-57-53-49-45-41-38-34-30-26-22-18-14-10-6-2)70-66-62-58-54-50-46-42-39-35-31-27-23-19-15-11-7-3/h5-70H2,1-4H3/q+1. The molecule has 1 heteroatoms. The van der Waals surface area contributed by atoms with Crippen LogP contribution in [0.25, 0.3) is 0 Å². The molecule has 0 bridgehead atoms. The first kappa shape index (κ1) is 71.4. The minimum Gasteiger partial charge on any atom is -0.0654 e. The van der Waals surface area contributed by atoms with Gasteiger partial charge in [0.2, 0.25) is 0 Å². The van der Waals surface area contributed by atoms with Crippen molar-refractivity contribution < 1.29 is 0 Å². The van der Waals surface area contributed by atoms with Gasteiger partial charge in [0.25, 0.3) is 0 Å². The molecule has 0 fully saturated rings. The van der Waals surface area contributed by atoms with Crippen molar-refractivity contribution in [1.29, 1.82) is 0 Å². The Bertz CT molecular complexity index is 806. The van der Waals surface area contributed by atoms with E-state index in [0.717, 1.165) is 0 Å². The molecule has 428 valence electrons. The largest absolute Gasteiger partial charge is 0.0654 e. The first-order chi connectivity index (χ1) is 35.2. The molecule has 0 heterocycles. The maximum Gasteiger partial charge on any atom is 0.0594 e. The number of rotatable bonds is 66. The van der Waals surface area contributed by atoms with Crippen LogP contribution in [-0.2, 0) is 0 Å². The van der Waals surface area contributed by atoms with Crippen LogP contribution in [0.2, 0.25) is 0 Å². The molecule has 0 atom stereocenters. The van der Waals surface area contributed by atoms with Crippen LogP contribution in [0.5, 0.6) is 0 Å². The van der Waals surface area contributed by atoms with Crippen LogP contribution < -0.4 is 0 Å². The van der Waals surface area contributed by atoms with Gasteiger partial charge in [0, 0.05) is 7.26 Å². The molecule has 0 saturated carbocycles. The van der Waals surface area contributed by atoms with Gasteiger partial charge in [0.15, 0.2) is 0 Å². The van der Waals surface area contributed by atoms with Crippen LogP contribution >= 0.6 is 7.26 Å². The Morgan fingerprint density at radius 1 is 0.113 bits per heavy atom. The van der Waals surface area contributed by atoms with Gasteiger partial charge in [-0.05, 0) is 51.4 Å². The Balaban J connectivity index is 4.95. The molecule has 0 aromatic rings. The highest BCUT2D eigenvalue weighted by molar-refractivity contribution is 7.75. The Morgan fingerprint density at radius 3 is 0.296 bits per heavy atom. The number of hydrogen-bond acceptors (Lipinski definition) is 0. The Kier molecular flexibility index (Phi) is 65.1. The summed E-state index contributed by atoms with van der Waals surface area (Å²) >= 11 is 0. The summed E-state index contributed by atoms with van der Waals surface area (Å²) in [5.41, 5.74) is 0. The number of unbranched alkanes of at least 4 members (excludes halogenated alkanes) is 58. The highest BCUT2D eigenvalue weighted by Gasteiger charge is 2.35. The van der Waals surface area contributed by atoms with Gasteiger partial charge in [-0.25, -0.2) is 0 Å². The minimum absolute atomic E-state index is 0.845. The minimum atomic E-state index is -0.845. The van der Waals surface area contributed by atoms with Crippen LogP contribution in [-0.4, -0.2) is 24.6 Å². The quantitative estimate of drug-likeness (QED) is 0.0421. The lowest BCUT2D eigenvalue weighted by molar-refractivity contribution is 0.530. The van der Waals surface area contributed by atoms with Gasteiger partial charge in [-0.2, -0.15) is 0 Å². The SMILES string of the molecule is CCCCCCCCCCCCCCCCCC[P+](CCCCCCCCCCCCCCCC)(CCCCCCCCCCCCCCCCCC)CCCCCCCCCCCCCCCCCC. The van der Waals surface area contributed by atoms with E-state index in [9.17, 15) is 0 Å². The molecule has 0 unspecified atom stereocenters. The molecular weight excluding hydrogens is 872 g/mol. The summed E-state index contributed by atoms with van der Waals surface area (Å²) in [5, 5.41) is 0. The van der Waals surface area contributed by atoms with Crippen LogP contribution in [0, 0.1) is 0 Å². The highest BCUT2D eigenvalue weighted by Crippen LogP contribution is 2.61. The molecular formula is C70H144P+. The van der Waals surface area contributed by atoms with E-state index >= 15 is 0 Å². The molecule has 71 heavy (non-hydrogen) atoms. The zero-order chi connectivity index (χ0) is 51.2. The second-order valence-electron chi connectivity index (χ2n) is 24.7. The van der Waals surface area contributed by atoms with Crippen molar-refractivity contribution in [2.45, 2.75) is 426 Å². The topological polar surface area (TPSA) is 0 Å². The summed E-state index contributed by atoms with van der Waals surface area (Å²) in [6, 6.07) is 0.